The Morgan fingerprint density at radius 1 is 1.13 bits per heavy atom. The Kier molecular flexibility index (Phi) is 5.95. The summed E-state index contributed by atoms with van der Waals surface area (Å²) in [5.41, 5.74) is 5.92. The zero-order valence-corrected chi connectivity index (χ0v) is 17.8. The maximum absolute atomic E-state index is 10.2. The predicted octanol–water partition coefficient (Wildman–Crippen LogP) is 4.49. The Labute approximate surface area is 177 Å². The number of aromatic amines is 1. The molecule has 6 heteroatoms. The second-order valence-electron chi connectivity index (χ2n) is 7.99. The first-order valence-corrected chi connectivity index (χ1v) is 10.4. The molecule has 158 valence electrons. The van der Waals surface area contributed by atoms with Gasteiger partial charge < -0.3 is 14.6 Å². The highest BCUT2D eigenvalue weighted by Crippen LogP contribution is 2.38. The summed E-state index contributed by atoms with van der Waals surface area (Å²) in [7, 11) is 3.11. The van der Waals surface area contributed by atoms with Crippen LogP contribution in [-0.2, 0) is 6.54 Å². The highest BCUT2D eigenvalue weighted by molar-refractivity contribution is 5.66. The molecule has 0 amide bonds. The van der Waals surface area contributed by atoms with Crippen molar-refractivity contribution in [2.24, 2.45) is 0 Å². The van der Waals surface area contributed by atoms with E-state index in [1.807, 2.05) is 18.3 Å². The van der Waals surface area contributed by atoms with Crippen molar-refractivity contribution in [1.82, 2.24) is 15.1 Å². The third kappa shape index (κ3) is 4.14. The van der Waals surface area contributed by atoms with Gasteiger partial charge in [-0.15, -0.1) is 0 Å². The van der Waals surface area contributed by atoms with E-state index < -0.39 is 0 Å². The molecule has 0 radical (unpaired) electrons. The van der Waals surface area contributed by atoms with Crippen LogP contribution in [-0.4, -0.2) is 47.5 Å². The van der Waals surface area contributed by atoms with E-state index in [1.165, 1.54) is 22.4 Å². The molecule has 0 aliphatic carbocycles. The molecular weight excluding hydrogens is 378 g/mol. The molecule has 0 spiro atoms. The first kappa shape index (κ1) is 20.3. The molecule has 1 unspecified atom stereocenters. The second kappa shape index (κ2) is 8.79. The number of phenolic OH excluding ortho intramolecular Hbond substituents is 1. The topological polar surface area (TPSA) is 70.6 Å². The van der Waals surface area contributed by atoms with Gasteiger partial charge in [-0.2, -0.15) is 5.10 Å². The summed E-state index contributed by atoms with van der Waals surface area (Å²) in [5.74, 6) is 1.32. The summed E-state index contributed by atoms with van der Waals surface area (Å²) in [6, 6.07) is 12.4. The Morgan fingerprint density at radius 2 is 1.83 bits per heavy atom. The van der Waals surface area contributed by atoms with Gasteiger partial charge in [-0.3, -0.25) is 10.00 Å². The number of hydrogen-bond donors (Lipinski definition) is 2. The molecule has 0 bridgehead atoms. The van der Waals surface area contributed by atoms with Crippen LogP contribution in [0, 0.1) is 6.92 Å². The maximum Gasteiger partial charge on any atom is 0.200 e. The second-order valence-corrected chi connectivity index (χ2v) is 7.99. The van der Waals surface area contributed by atoms with Gasteiger partial charge in [-0.1, -0.05) is 29.8 Å². The number of methoxy groups -OCH3 is 2. The lowest BCUT2D eigenvalue weighted by Crippen LogP contribution is -2.34. The van der Waals surface area contributed by atoms with Crippen molar-refractivity contribution in [1.29, 1.82) is 0 Å². The number of hydrogen-bond acceptors (Lipinski definition) is 5. The lowest BCUT2D eigenvalue weighted by Gasteiger charge is -2.33. The number of nitrogens with zero attached hydrogens (tertiary/aromatic N) is 2. The normalized spacial score (nSPS) is 17.1. The van der Waals surface area contributed by atoms with Crippen molar-refractivity contribution < 1.29 is 14.6 Å². The molecule has 2 heterocycles. The number of H-pyrrole nitrogens is 1. The van der Waals surface area contributed by atoms with Gasteiger partial charge in [0.05, 0.1) is 20.4 Å². The average molecular weight is 408 g/mol. The Morgan fingerprint density at radius 3 is 2.50 bits per heavy atom. The van der Waals surface area contributed by atoms with E-state index in [1.54, 1.807) is 14.2 Å². The summed E-state index contributed by atoms with van der Waals surface area (Å²) in [4.78, 5) is 2.44. The summed E-state index contributed by atoms with van der Waals surface area (Å²) >= 11 is 0. The molecule has 30 heavy (non-hydrogen) atoms. The molecule has 3 aromatic rings. The molecule has 2 aromatic carbocycles. The van der Waals surface area contributed by atoms with Gasteiger partial charge in [-0.05, 0) is 49.6 Å². The lowest BCUT2D eigenvalue weighted by molar-refractivity contribution is 0.198. The molecule has 1 fully saturated rings. The quantitative estimate of drug-likeness (QED) is 0.630. The standard InChI is InChI=1S/C24H29N3O3/c1-16-6-8-18(9-7-16)20-13-25-26-23(20)19-5-4-10-27(15-19)14-17-11-21(29-2)24(28)22(12-17)30-3/h6-9,11-13,19,28H,4-5,10,14-15H2,1-3H3,(H,25,26). The van der Waals surface area contributed by atoms with Gasteiger partial charge in [0, 0.05) is 30.3 Å². The van der Waals surface area contributed by atoms with Gasteiger partial charge in [0.15, 0.2) is 11.5 Å². The van der Waals surface area contributed by atoms with Crippen molar-refractivity contribution >= 4 is 0 Å². The smallest absolute Gasteiger partial charge is 0.200 e. The Bertz CT molecular complexity index is 972. The number of phenols is 1. The minimum absolute atomic E-state index is 0.0421. The molecule has 1 saturated heterocycles. The molecule has 2 N–H and O–H groups in total. The zero-order valence-electron chi connectivity index (χ0n) is 17.8. The third-order valence-electron chi connectivity index (χ3n) is 5.89. The summed E-state index contributed by atoms with van der Waals surface area (Å²) < 4.78 is 10.6. The van der Waals surface area contributed by atoms with E-state index in [0.29, 0.717) is 17.4 Å². The number of aryl methyl sites for hydroxylation is 1. The number of benzene rings is 2. The number of ether oxygens (including phenoxy) is 2. The van der Waals surface area contributed by atoms with Gasteiger partial charge in [0.1, 0.15) is 0 Å². The number of aromatic hydroxyl groups is 1. The first-order chi connectivity index (χ1) is 14.6. The summed E-state index contributed by atoms with van der Waals surface area (Å²) in [6.45, 7) is 4.87. The molecule has 1 aromatic heterocycles. The number of rotatable bonds is 6. The van der Waals surface area contributed by atoms with Gasteiger partial charge in [0.2, 0.25) is 5.75 Å². The fourth-order valence-electron chi connectivity index (χ4n) is 4.30. The van der Waals surface area contributed by atoms with E-state index in [4.69, 9.17) is 9.47 Å². The van der Waals surface area contributed by atoms with E-state index >= 15 is 0 Å². The van der Waals surface area contributed by atoms with Crippen LogP contribution in [0.3, 0.4) is 0 Å². The zero-order chi connectivity index (χ0) is 21.1. The number of likely N-dealkylation sites (tertiary alicyclic amines) is 1. The molecule has 1 aliphatic rings. The van der Waals surface area contributed by atoms with Crippen LogP contribution in [0.4, 0.5) is 0 Å². The Hall–Kier alpha value is -2.99. The van der Waals surface area contributed by atoms with E-state index in [9.17, 15) is 5.11 Å². The first-order valence-electron chi connectivity index (χ1n) is 10.4. The van der Waals surface area contributed by atoms with Crippen molar-refractivity contribution in [3.63, 3.8) is 0 Å². The summed E-state index contributed by atoms with van der Waals surface area (Å²) in [5, 5.41) is 17.8. The monoisotopic (exact) mass is 407 g/mol. The van der Waals surface area contributed by atoms with Crippen molar-refractivity contribution in [2.75, 3.05) is 27.3 Å². The van der Waals surface area contributed by atoms with Crippen molar-refractivity contribution in [3.8, 4) is 28.4 Å². The van der Waals surface area contributed by atoms with Crippen LogP contribution in [0.25, 0.3) is 11.1 Å². The van der Waals surface area contributed by atoms with Crippen LogP contribution in [0.2, 0.25) is 0 Å². The minimum Gasteiger partial charge on any atom is -0.502 e. The fourth-order valence-corrected chi connectivity index (χ4v) is 4.30. The van der Waals surface area contributed by atoms with Crippen LogP contribution in [0.15, 0.2) is 42.6 Å². The molecule has 4 rings (SSSR count). The predicted molar refractivity (Wildman–Crippen MR) is 117 cm³/mol. The third-order valence-corrected chi connectivity index (χ3v) is 5.89. The van der Waals surface area contributed by atoms with Crippen molar-refractivity contribution in [3.05, 3.63) is 59.4 Å². The average Bonchev–Trinajstić information content (AvgIpc) is 3.25. The molecule has 1 aliphatic heterocycles. The Balaban J connectivity index is 1.53. The van der Waals surface area contributed by atoms with Crippen LogP contribution >= 0.6 is 0 Å². The summed E-state index contributed by atoms with van der Waals surface area (Å²) in [6.07, 6.45) is 4.21. The highest BCUT2D eigenvalue weighted by Gasteiger charge is 2.25. The fraction of sp³-hybridized carbons (Fsp3) is 0.375. The number of nitrogens with one attached hydrogen (secondary N) is 1. The van der Waals surface area contributed by atoms with E-state index in [-0.39, 0.29) is 5.75 Å². The van der Waals surface area contributed by atoms with E-state index in [2.05, 4.69) is 46.3 Å². The highest BCUT2D eigenvalue weighted by atomic mass is 16.5. The van der Waals surface area contributed by atoms with Crippen LogP contribution < -0.4 is 9.47 Å². The van der Waals surface area contributed by atoms with Crippen molar-refractivity contribution in [2.45, 2.75) is 32.2 Å². The van der Waals surface area contributed by atoms with E-state index in [0.717, 1.165) is 38.0 Å². The number of piperidine rings is 1. The molecular formula is C24H29N3O3. The molecule has 1 atom stereocenters. The maximum atomic E-state index is 10.2. The molecule has 6 nitrogen and oxygen atoms in total. The largest absolute Gasteiger partial charge is 0.502 e. The minimum atomic E-state index is 0.0421. The van der Waals surface area contributed by atoms with Gasteiger partial charge in [0.25, 0.3) is 0 Å². The SMILES string of the molecule is COc1cc(CN2CCCC(c3[nH]ncc3-c3ccc(C)cc3)C2)cc(OC)c1O. The van der Waals surface area contributed by atoms with Gasteiger partial charge >= 0.3 is 0 Å². The number of aromatic nitrogens is 2. The molecule has 0 saturated carbocycles. The van der Waals surface area contributed by atoms with Crippen LogP contribution in [0.1, 0.15) is 35.6 Å². The van der Waals surface area contributed by atoms with Crippen LogP contribution in [0.5, 0.6) is 17.2 Å². The lowest BCUT2D eigenvalue weighted by atomic mass is 9.90. The van der Waals surface area contributed by atoms with Gasteiger partial charge in [-0.25, -0.2) is 0 Å².